The summed E-state index contributed by atoms with van der Waals surface area (Å²) >= 11 is 1.65. The third-order valence-electron chi connectivity index (χ3n) is 1.18. The Morgan fingerprint density at radius 3 is 2.57 bits per heavy atom. The highest BCUT2D eigenvalue weighted by Gasteiger charge is 2.11. The van der Waals surface area contributed by atoms with Crippen LogP contribution in [0.3, 0.4) is 0 Å². The van der Waals surface area contributed by atoms with E-state index in [9.17, 15) is 9.59 Å². The number of amides is 1. The molecular weight excluding hydrogens is 301 g/mol. The summed E-state index contributed by atoms with van der Waals surface area (Å²) in [4.78, 5) is 21.6. The fraction of sp³-hybridized carbons (Fsp3) is 0.500. The molecular formula is C8H12INO4. The van der Waals surface area contributed by atoms with Crippen LogP contribution >= 0.6 is 22.9 Å². The molecule has 6 heteroatoms. The number of carbonyl (C=O) groups is 2. The van der Waals surface area contributed by atoms with E-state index in [2.05, 4.69) is 10.1 Å². The molecule has 0 fully saturated rings. The summed E-state index contributed by atoms with van der Waals surface area (Å²) in [7, 11) is 0. The van der Waals surface area contributed by atoms with E-state index in [1.165, 1.54) is 0 Å². The molecule has 0 radical (unpaired) electrons. The number of carbonyl (C=O) groups excluding carboxylic acids is 2. The molecule has 0 aromatic carbocycles. The van der Waals surface area contributed by atoms with Gasteiger partial charge in [0.05, 0.1) is 22.9 Å². The van der Waals surface area contributed by atoms with Crippen LogP contribution in [-0.4, -0.2) is 24.8 Å². The number of halogens is 1. The Hall–Kier alpha value is -0.790. The zero-order valence-corrected chi connectivity index (χ0v) is 10.2. The predicted molar refractivity (Wildman–Crippen MR) is 58.9 cm³/mol. The molecule has 0 spiro atoms. The van der Waals surface area contributed by atoms with Gasteiger partial charge in [0, 0.05) is 5.57 Å². The van der Waals surface area contributed by atoms with Gasteiger partial charge >= 0.3 is 12.1 Å². The number of hydrogen-bond acceptors (Lipinski definition) is 4. The molecule has 1 amide bonds. The first-order valence-electron chi connectivity index (χ1n) is 3.87. The Bertz CT molecular complexity index is 241. The zero-order chi connectivity index (χ0) is 11.1. The van der Waals surface area contributed by atoms with Crippen LogP contribution in [0.2, 0.25) is 0 Å². The van der Waals surface area contributed by atoms with Gasteiger partial charge in [-0.2, -0.15) is 0 Å². The summed E-state index contributed by atoms with van der Waals surface area (Å²) in [6.45, 7) is 6.61. The summed E-state index contributed by atoms with van der Waals surface area (Å²) in [6, 6.07) is 0. The molecule has 0 bridgehead atoms. The molecule has 0 aliphatic rings. The van der Waals surface area contributed by atoms with E-state index in [-0.39, 0.29) is 6.61 Å². The van der Waals surface area contributed by atoms with Gasteiger partial charge in [-0.15, -0.1) is 0 Å². The Morgan fingerprint density at radius 2 is 2.14 bits per heavy atom. The van der Waals surface area contributed by atoms with Crippen LogP contribution in [0.4, 0.5) is 4.79 Å². The minimum atomic E-state index is -0.565. The van der Waals surface area contributed by atoms with E-state index in [4.69, 9.17) is 9.47 Å². The minimum absolute atomic E-state index is 0.0236. The maximum atomic E-state index is 10.9. The van der Waals surface area contributed by atoms with Crippen molar-refractivity contribution in [2.75, 3.05) is 6.61 Å². The highest BCUT2D eigenvalue weighted by molar-refractivity contribution is 14.1. The number of hydrogen-bond donors (Lipinski definition) is 1. The molecule has 0 aliphatic carbocycles. The van der Waals surface area contributed by atoms with Crippen molar-refractivity contribution in [3.63, 3.8) is 0 Å². The fourth-order valence-electron chi connectivity index (χ4n) is 0.555. The first-order valence-corrected chi connectivity index (χ1v) is 4.95. The van der Waals surface area contributed by atoms with Crippen LogP contribution in [0.25, 0.3) is 0 Å². The Balaban J connectivity index is 3.74. The van der Waals surface area contributed by atoms with Crippen molar-refractivity contribution in [2.24, 2.45) is 0 Å². The highest BCUT2D eigenvalue weighted by Crippen LogP contribution is 1.97. The van der Waals surface area contributed by atoms with Gasteiger partial charge < -0.3 is 9.47 Å². The van der Waals surface area contributed by atoms with Gasteiger partial charge in [0.2, 0.25) is 0 Å². The second kappa shape index (κ2) is 6.63. The minimum Gasteiger partial charge on any atom is -0.458 e. The van der Waals surface area contributed by atoms with E-state index in [1.54, 1.807) is 36.7 Å². The second-order valence-electron chi connectivity index (χ2n) is 2.69. The smallest absolute Gasteiger partial charge is 0.416 e. The molecule has 0 saturated carbocycles. The topological polar surface area (TPSA) is 64.6 Å². The van der Waals surface area contributed by atoms with Crippen LogP contribution < -0.4 is 3.53 Å². The Kier molecular flexibility index (Phi) is 6.26. The lowest BCUT2D eigenvalue weighted by atomic mass is 10.3. The van der Waals surface area contributed by atoms with Crippen LogP contribution in [-0.2, 0) is 14.3 Å². The van der Waals surface area contributed by atoms with Crippen molar-refractivity contribution >= 4 is 34.9 Å². The van der Waals surface area contributed by atoms with Gasteiger partial charge in [0.1, 0.15) is 12.7 Å². The average molecular weight is 313 g/mol. The maximum absolute atomic E-state index is 10.9. The van der Waals surface area contributed by atoms with Crippen LogP contribution in [0.15, 0.2) is 12.2 Å². The van der Waals surface area contributed by atoms with Crippen molar-refractivity contribution in [2.45, 2.75) is 20.0 Å². The monoisotopic (exact) mass is 313 g/mol. The van der Waals surface area contributed by atoms with Crippen molar-refractivity contribution in [1.29, 1.82) is 0 Å². The average Bonchev–Trinajstić information content (AvgIpc) is 2.13. The molecule has 0 aliphatic heterocycles. The van der Waals surface area contributed by atoms with E-state index in [0.29, 0.717) is 5.57 Å². The van der Waals surface area contributed by atoms with Crippen molar-refractivity contribution in [1.82, 2.24) is 3.53 Å². The van der Waals surface area contributed by atoms with E-state index in [0.717, 1.165) is 0 Å². The molecule has 14 heavy (non-hydrogen) atoms. The standard InChI is InChI=1S/C8H12INO4/c1-5(2)7(11)13-4-6(3)14-8(12)10-9/h6H,1,4H2,2-3H3,(H,10,12). The van der Waals surface area contributed by atoms with Crippen LogP contribution in [0.5, 0.6) is 0 Å². The number of esters is 1. The van der Waals surface area contributed by atoms with Crippen molar-refractivity contribution in [3.8, 4) is 0 Å². The predicted octanol–water partition coefficient (Wildman–Crippen LogP) is 1.57. The van der Waals surface area contributed by atoms with Gasteiger partial charge in [0.15, 0.2) is 0 Å². The third kappa shape index (κ3) is 5.79. The summed E-state index contributed by atoms with van der Waals surface area (Å²) in [5.41, 5.74) is 0.315. The lowest BCUT2D eigenvalue weighted by molar-refractivity contribution is -0.141. The fourth-order valence-corrected chi connectivity index (χ4v) is 0.682. The quantitative estimate of drug-likeness (QED) is 0.370. The molecule has 0 rings (SSSR count). The number of nitrogens with one attached hydrogen (secondary N) is 1. The normalized spacial score (nSPS) is 11.4. The second-order valence-corrected chi connectivity index (χ2v) is 3.23. The SMILES string of the molecule is C=C(C)C(=O)OCC(C)OC(=O)NI. The van der Waals surface area contributed by atoms with Gasteiger partial charge in [0.25, 0.3) is 0 Å². The summed E-state index contributed by atoms with van der Waals surface area (Å²) in [5.74, 6) is -0.490. The van der Waals surface area contributed by atoms with Crippen molar-refractivity contribution < 1.29 is 19.1 Å². The lowest BCUT2D eigenvalue weighted by Gasteiger charge is -2.12. The van der Waals surface area contributed by atoms with E-state index in [1.807, 2.05) is 0 Å². The molecule has 5 nitrogen and oxygen atoms in total. The number of rotatable bonds is 4. The molecule has 0 saturated heterocycles. The molecule has 80 valence electrons. The molecule has 0 aromatic heterocycles. The molecule has 1 atom stereocenters. The van der Waals surface area contributed by atoms with Gasteiger partial charge in [-0.25, -0.2) is 9.59 Å². The summed E-state index contributed by atoms with van der Waals surface area (Å²) in [5, 5.41) is 0. The third-order valence-corrected chi connectivity index (χ3v) is 1.62. The van der Waals surface area contributed by atoms with Gasteiger partial charge in [-0.1, -0.05) is 6.58 Å². The van der Waals surface area contributed by atoms with E-state index < -0.39 is 18.2 Å². The van der Waals surface area contributed by atoms with Crippen LogP contribution in [0, 0.1) is 0 Å². The first kappa shape index (κ1) is 13.2. The number of ether oxygens (including phenoxy) is 2. The summed E-state index contributed by atoms with van der Waals surface area (Å²) < 4.78 is 11.8. The van der Waals surface area contributed by atoms with Gasteiger partial charge in [-0.3, -0.25) is 3.53 Å². The summed E-state index contributed by atoms with van der Waals surface area (Å²) in [6.07, 6.45) is -1.04. The molecule has 1 N–H and O–H groups in total. The maximum Gasteiger partial charge on any atom is 0.416 e. The van der Waals surface area contributed by atoms with Crippen LogP contribution in [0.1, 0.15) is 13.8 Å². The zero-order valence-electron chi connectivity index (χ0n) is 8.00. The first-order chi connectivity index (χ1) is 6.47. The molecule has 0 heterocycles. The Morgan fingerprint density at radius 1 is 1.57 bits per heavy atom. The highest BCUT2D eigenvalue weighted by atomic mass is 127. The van der Waals surface area contributed by atoms with Gasteiger partial charge in [-0.05, 0) is 13.8 Å². The largest absolute Gasteiger partial charge is 0.458 e. The molecule has 1 unspecified atom stereocenters. The lowest BCUT2D eigenvalue weighted by Crippen LogP contribution is -2.25. The van der Waals surface area contributed by atoms with Crippen molar-refractivity contribution in [3.05, 3.63) is 12.2 Å². The molecule has 0 aromatic rings. The van der Waals surface area contributed by atoms with E-state index >= 15 is 0 Å². The Labute approximate surface area is 96.3 Å².